The molecule has 0 N–H and O–H groups in total. The van der Waals surface area contributed by atoms with Crippen LogP contribution in [-0.2, 0) is 15.7 Å². The van der Waals surface area contributed by atoms with Gasteiger partial charge in [0.1, 0.15) is 0 Å². The van der Waals surface area contributed by atoms with Crippen molar-refractivity contribution in [1.29, 1.82) is 0 Å². The minimum atomic E-state index is -0.218. The molecule has 4 aromatic carbocycles. The van der Waals surface area contributed by atoms with Crippen molar-refractivity contribution in [3.63, 3.8) is 0 Å². The fourth-order valence-corrected chi connectivity index (χ4v) is 18.3. The number of rotatable bonds is 6. The van der Waals surface area contributed by atoms with Gasteiger partial charge >= 0.3 is 112 Å². The Bertz CT molecular complexity index is 1900. The van der Waals surface area contributed by atoms with E-state index >= 15 is 0 Å². The number of nitrogens with zero attached hydrogens (tertiary/aromatic N) is 2. The van der Waals surface area contributed by atoms with Gasteiger partial charge in [-0.1, -0.05) is 54.7 Å². The average Bonchev–Trinajstić information content (AvgIpc) is 3.87. The fourth-order valence-electron chi connectivity index (χ4n) is 11.5. The molecule has 9 rings (SSSR count). The molecule has 0 spiro atoms. The second kappa shape index (κ2) is 21.5. The third-order valence-electron chi connectivity index (χ3n) is 13.8. The molecule has 5 heteroatoms. The number of hydrogen-bond acceptors (Lipinski definition) is 2. The molecule has 0 atom stereocenters. The van der Waals surface area contributed by atoms with Crippen molar-refractivity contribution in [3.8, 4) is 0 Å². The fraction of sp³-hybridized carbons (Fsp3) is 0.481. The van der Waals surface area contributed by atoms with Crippen molar-refractivity contribution < 1.29 is 15.7 Å². The van der Waals surface area contributed by atoms with Crippen LogP contribution in [0.15, 0.2) is 84.9 Å². The molecular formula is C54H71ClN2PRu. The third kappa shape index (κ3) is 11.1. The summed E-state index contributed by atoms with van der Waals surface area (Å²) in [6, 6.07) is 28.1. The van der Waals surface area contributed by atoms with Crippen molar-refractivity contribution in [2.75, 3.05) is 22.9 Å². The van der Waals surface area contributed by atoms with Gasteiger partial charge in [-0.25, -0.2) is 0 Å². The van der Waals surface area contributed by atoms with Crippen molar-refractivity contribution in [1.82, 2.24) is 0 Å². The molecule has 59 heavy (non-hydrogen) atoms. The Morgan fingerprint density at radius 2 is 0.915 bits per heavy atom. The summed E-state index contributed by atoms with van der Waals surface area (Å²) in [5.41, 5.74) is 19.7. The molecule has 5 aliphatic rings. The number of benzene rings is 4. The maximum absolute atomic E-state index is 6.10. The molecule has 0 aromatic heterocycles. The molecule has 4 aliphatic carbocycles. The quantitative estimate of drug-likeness (QED) is 0.108. The summed E-state index contributed by atoms with van der Waals surface area (Å²) in [4.78, 5) is 4.81. The van der Waals surface area contributed by atoms with E-state index in [9.17, 15) is 0 Å². The van der Waals surface area contributed by atoms with Gasteiger partial charge in [0.15, 0.2) is 0 Å². The minimum absolute atomic E-state index is 0.0465. The van der Waals surface area contributed by atoms with Crippen molar-refractivity contribution >= 4 is 38.7 Å². The second-order valence-electron chi connectivity index (χ2n) is 18.4. The normalized spacial score (nSPS) is 19.7. The molecule has 1 heterocycles. The van der Waals surface area contributed by atoms with E-state index in [2.05, 4.69) is 137 Å². The van der Waals surface area contributed by atoms with Crippen LogP contribution in [0.4, 0.5) is 11.4 Å². The van der Waals surface area contributed by atoms with Gasteiger partial charge in [0, 0.05) is 32.4 Å². The summed E-state index contributed by atoms with van der Waals surface area (Å²) < 4.78 is 1.30. The van der Waals surface area contributed by atoms with Crippen LogP contribution < -0.4 is 9.80 Å². The molecule has 0 bridgehead atoms. The van der Waals surface area contributed by atoms with E-state index in [4.69, 9.17) is 9.69 Å². The summed E-state index contributed by atoms with van der Waals surface area (Å²) in [7, 11) is 6.05. The number of allylic oxidation sites excluding steroid dienone is 1. The average molecular weight is 916 g/mol. The van der Waals surface area contributed by atoms with Crippen molar-refractivity contribution in [2.45, 2.75) is 155 Å². The molecular weight excluding hydrogens is 844 g/mol. The van der Waals surface area contributed by atoms with Crippen LogP contribution in [0, 0.1) is 48.2 Å². The van der Waals surface area contributed by atoms with E-state index in [0.29, 0.717) is 0 Å². The van der Waals surface area contributed by atoms with Crippen LogP contribution in [0.5, 0.6) is 0 Å². The van der Waals surface area contributed by atoms with Gasteiger partial charge in [0.2, 0.25) is 0 Å². The van der Waals surface area contributed by atoms with E-state index in [-0.39, 0.29) is 23.6 Å². The third-order valence-corrected chi connectivity index (χ3v) is 20.3. The zero-order valence-electron chi connectivity index (χ0n) is 37.0. The first-order chi connectivity index (χ1) is 28.7. The van der Waals surface area contributed by atoms with Gasteiger partial charge in [-0.2, -0.15) is 6.67 Å². The van der Waals surface area contributed by atoms with E-state index < -0.39 is 0 Å². The summed E-state index contributed by atoms with van der Waals surface area (Å²) in [6.45, 7) is 17.6. The molecule has 317 valence electrons. The molecule has 0 amide bonds. The predicted molar refractivity (Wildman–Crippen MR) is 259 cm³/mol. The Morgan fingerprint density at radius 1 is 0.525 bits per heavy atom. The summed E-state index contributed by atoms with van der Waals surface area (Å²) in [5.74, 6) is 0. The van der Waals surface area contributed by atoms with Crippen molar-refractivity contribution in [3.05, 3.63) is 142 Å². The van der Waals surface area contributed by atoms with E-state index in [1.165, 1.54) is 88.1 Å². The van der Waals surface area contributed by atoms with Gasteiger partial charge in [-0.3, -0.25) is 0 Å². The van der Waals surface area contributed by atoms with Crippen LogP contribution in [0.1, 0.15) is 146 Å². The van der Waals surface area contributed by atoms with Gasteiger partial charge in [-0.15, -0.1) is 0 Å². The zero-order chi connectivity index (χ0) is 41.3. The number of aryl methyl sites for hydroxylation is 6. The monoisotopic (exact) mass is 915 g/mol. The SMILES string of the molecule is C1CCC([PH+](C2CCCCC2)C2CCCCC2)CC1.Cc1cc(C)c(N2[CH-]N(c3c(C)cc(C)cc3C)CC2)c(C)c1.[Cl][Ru]=[C]1C=C(c2ccccc2)c2ccccc21. The summed E-state index contributed by atoms with van der Waals surface area (Å²) in [6.07, 6.45) is 26.0. The van der Waals surface area contributed by atoms with Crippen LogP contribution in [0.2, 0.25) is 0 Å². The van der Waals surface area contributed by atoms with Gasteiger partial charge in [0.05, 0.1) is 17.0 Å². The second-order valence-corrected chi connectivity index (χ2v) is 23.9. The van der Waals surface area contributed by atoms with E-state index in [0.717, 1.165) is 13.1 Å². The standard InChI is InChI=1S/C21H27N2.C18H33P.C15H10.ClH.Ru/c1-14-9-16(3)20(17(4)10-14)22-7-8-23(13-22)21-18(5)11-15(2)12-19(21)6;1-4-10-16(11-5-1)19(17-12-6-2-7-13-17)18-14-8-3-9-15-18;1-2-6-12(7-3-1)15-11-10-13-8-4-5-9-14(13)15;;/h9-13H,7-8H2,1-6H3;16-18H,1-15H2;1-9,11H;1H;/q-1;;;;+1. The molecule has 4 fully saturated rings. The zero-order valence-corrected chi connectivity index (χ0v) is 40.5. The molecule has 2 nitrogen and oxygen atoms in total. The van der Waals surface area contributed by atoms with Crippen LogP contribution in [0.3, 0.4) is 0 Å². The van der Waals surface area contributed by atoms with Gasteiger partial charge in [0.25, 0.3) is 0 Å². The number of anilines is 2. The topological polar surface area (TPSA) is 6.48 Å². The number of fused-ring (bicyclic) bond motifs is 1. The number of halogens is 1. The first-order valence-corrected chi connectivity index (χ1v) is 27.9. The van der Waals surface area contributed by atoms with Crippen LogP contribution >= 0.6 is 17.6 Å². The van der Waals surface area contributed by atoms with Gasteiger partial charge in [-0.05, 0) is 141 Å². The molecule has 1 saturated heterocycles. The molecule has 1 aliphatic heterocycles. The summed E-state index contributed by atoms with van der Waals surface area (Å²) in [5, 5.41) is 0. The Hall–Kier alpha value is -2.57. The molecule has 0 radical (unpaired) electrons. The van der Waals surface area contributed by atoms with E-state index in [1.807, 2.05) is 6.07 Å². The van der Waals surface area contributed by atoms with Gasteiger partial charge < -0.3 is 9.80 Å². The maximum atomic E-state index is 6.10. The first-order valence-electron chi connectivity index (χ1n) is 23.1. The molecule has 0 unspecified atom stereocenters. The Labute approximate surface area is 371 Å². The van der Waals surface area contributed by atoms with Crippen LogP contribution in [0.25, 0.3) is 5.57 Å². The molecule has 4 aromatic rings. The predicted octanol–water partition coefficient (Wildman–Crippen LogP) is 15.1. The molecule has 3 saturated carbocycles. The first kappa shape index (κ1) is 44.5. The Kier molecular flexibility index (Phi) is 16.2. The van der Waals surface area contributed by atoms with Crippen molar-refractivity contribution in [2.24, 2.45) is 0 Å². The van der Waals surface area contributed by atoms with Crippen LogP contribution in [-0.4, -0.2) is 34.2 Å². The Morgan fingerprint density at radius 3 is 1.32 bits per heavy atom. The number of hydrogen-bond donors (Lipinski definition) is 0. The Balaban J connectivity index is 0.000000136. The van der Waals surface area contributed by atoms with E-state index in [1.54, 1.807) is 96.3 Å². The summed E-state index contributed by atoms with van der Waals surface area (Å²) >= 11 is -0.218.